The van der Waals surface area contributed by atoms with Gasteiger partial charge in [0.05, 0.1) is 22.8 Å². The van der Waals surface area contributed by atoms with Gasteiger partial charge in [0, 0.05) is 31.2 Å². The average molecular weight is 476 g/mol. The fourth-order valence-electron chi connectivity index (χ4n) is 3.52. The first-order chi connectivity index (χ1) is 14.3. The van der Waals surface area contributed by atoms with Crippen molar-refractivity contribution in [3.05, 3.63) is 33.8 Å². The van der Waals surface area contributed by atoms with Crippen molar-refractivity contribution in [2.45, 2.75) is 44.9 Å². The predicted molar refractivity (Wildman–Crippen MR) is 125 cm³/mol. The third-order valence-electron chi connectivity index (χ3n) is 4.85. The molecule has 1 aliphatic rings. The van der Waals surface area contributed by atoms with Crippen LogP contribution < -0.4 is 10.6 Å². The summed E-state index contributed by atoms with van der Waals surface area (Å²) in [5.41, 5.74) is 0.304. The van der Waals surface area contributed by atoms with Gasteiger partial charge in [-0.25, -0.2) is 0 Å². The van der Waals surface area contributed by atoms with Gasteiger partial charge in [0.2, 0.25) is 5.91 Å². The van der Waals surface area contributed by atoms with Crippen LogP contribution in [0.2, 0.25) is 10.0 Å². The smallest absolute Gasteiger partial charge is 0.253 e. The molecule has 2 N–H and O–H groups in total. The van der Waals surface area contributed by atoms with Gasteiger partial charge in [-0.05, 0) is 56.9 Å². The summed E-state index contributed by atoms with van der Waals surface area (Å²) < 4.78 is 5.75. The van der Waals surface area contributed by atoms with Gasteiger partial charge in [-0.15, -0.1) is 0 Å². The number of hydrogen-bond acceptors (Lipinski definition) is 5. The molecule has 9 heteroatoms. The Labute approximate surface area is 193 Å². The van der Waals surface area contributed by atoms with Crippen LogP contribution in [0.5, 0.6) is 0 Å². The van der Waals surface area contributed by atoms with Crippen LogP contribution in [0, 0.1) is 0 Å². The molecule has 0 radical (unpaired) electrons. The molecule has 0 bridgehead atoms. The molecule has 2 amide bonds. The summed E-state index contributed by atoms with van der Waals surface area (Å²) in [6, 6.07) is 4.07. The Kier molecular flexibility index (Phi) is 10.8. The van der Waals surface area contributed by atoms with E-state index in [1.807, 2.05) is 6.26 Å². The van der Waals surface area contributed by atoms with E-state index in [0.717, 1.165) is 31.8 Å². The summed E-state index contributed by atoms with van der Waals surface area (Å²) in [4.78, 5) is 27.7. The predicted octanol–water partition coefficient (Wildman–Crippen LogP) is 3.46. The molecule has 2 rings (SSSR count). The van der Waals surface area contributed by atoms with E-state index in [-0.39, 0.29) is 29.0 Å². The summed E-state index contributed by atoms with van der Waals surface area (Å²) in [5.74, 6) is 0.205. The number of halogens is 2. The monoisotopic (exact) mass is 475 g/mol. The molecule has 1 aliphatic heterocycles. The number of thioether (sulfide) groups is 1. The second-order valence-corrected chi connectivity index (χ2v) is 9.42. The largest absolute Gasteiger partial charge is 0.373 e. The Morgan fingerprint density at radius 1 is 1.27 bits per heavy atom. The third-order valence-corrected chi connectivity index (χ3v) is 6.05. The number of nitrogens with zero attached hydrogens (tertiary/aromatic N) is 1. The Hall–Kier alpha value is -0.990. The maximum atomic E-state index is 12.7. The number of nitrogens with one attached hydrogen (secondary N) is 2. The number of carbonyl (C=O) groups excluding carboxylic acids is 2. The Bertz CT molecular complexity index is 713. The van der Waals surface area contributed by atoms with Gasteiger partial charge in [0.25, 0.3) is 5.91 Å². The Balaban J connectivity index is 1.84. The van der Waals surface area contributed by atoms with Crippen LogP contribution in [0.15, 0.2) is 18.2 Å². The van der Waals surface area contributed by atoms with Crippen LogP contribution in [-0.2, 0) is 9.53 Å². The molecule has 0 aromatic heterocycles. The number of benzene rings is 1. The van der Waals surface area contributed by atoms with E-state index < -0.39 is 6.04 Å². The molecule has 1 aromatic rings. The van der Waals surface area contributed by atoms with E-state index >= 15 is 0 Å². The van der Waals surface area contributed by atoms with E-state index in [2.05, 4.69) is 29.4 Å². The van der Waals surface area contributed by atoms with Crippen molar-refractivity contribution in [1.82, 2.24) is 15.5 Å². The molecule has 3 atom stereocenters. The van der Waals surface area contributed by atoms with Crippen molar-refractivity contribution >= 4 is 46.8 Å². The maximum absolute atomic E-state index is 12.7. The van der Waals surface area contributed by atoms with Gasteiger partial charge >= 0.3 is 0 Å². The Morgan fingerprint density at radius 3 is 2.60 bits per heavy atom. The first-order valence-corrected chi connectivity index (χ1v) is 12.4. The van der Waals surface area contributed by atoms with E-state index in [1.165, 1.54) is 6.07 Å². The van der Waals surface area contributed by atoms with Gasteiger partial charge in [0.1, 0.15) is 6.04 Å². The molecule has 6 nitrogen and oxygen atoms in total. The lowest BCUT2D eigenvalue weighted by Gasteiger charge is -2.35. The molecule has 0 saturated carbocycles. The lowest BCUT2D eigenvalue weighted by Crippen LogP contribution is -2.48. The molecule has 1 fully saturated rings. The summed E-state index contributed by atoms with van der Waals surface area (Å²) in [6.45, 7) is 7.44. The van der Waals surface area contributed by atoms with Crippen LogP contribution in [0.3, 0.4) is 0 Å². The minimum absolute atomic E-state index is 0.175. The van der Waals surface area contributed by atoms with Crippen LogP contribution in [0.4, 0.5) is 0 Å². The molecule has 1 saturated heterocycles. The molecule has 0 aliphatic carbocycles. The molecule has 0 spiro atoms. The van der Waals surface area contributed by atoms with Crippen molar-refractivity contribution < 1.29 is 14.3 Å². The number of morpholine rings is 1. The highest BCUT2D eigenvalue weighted by atomic mass is 35.5. The summed E-state index contributed by atoms with van der Waals surface area (Å²) in [5, 5.41) is 6.49. The van der Waals surface area contributed by atoms with Crippen LogP contribution >= 0.6 is 35.0 Å². The molecule has 30 heavy (non-hydrogen) atoms. The van der Waals surface area contributed by atoms with E-state index in [0.29, 0.717) is 23.6 Å². The zero-order chi connectivity index (χ0) is 22.1. The van der Waals surface area contributed by atoms with Crippen molar-refractivity contribution in [2.24, 2.45) is 0 Å². The highest BCUT2D eigenvalue weighted by Crippen LogP contribution is 2.21. The van der Waals surface area contributed by atoms with E-state index in [9.17, 15) is 9.59 Å². The number of ether oxygens (including phenoxy) is 1. The zero-order valence-electron chi connectivity index (χ0n) is 17.7. The minimum Gasteiger partial charge on any atom is -0.373 e. The van der Waals surface area contributed by atoms with Gasteiger partial charge in [-0.3, -0.25) is 14.5 Å². The highest BCUT2D eigenvalue weighted by Gasteiger charge is 2.23. The molecule has 168 valence electrons. The molecular weight excluding hydrogens is 445 g/mol. The fraction of sp³-hybridized carbons (Fsp3) is 0.619. The lowest BCUT2D eigenvalue weighted by molar-refractivity contribution is -0.123. The molecule has 1 aromatic carbocycles. The summed E-state index contributed by atoms with van der Waals surface area (Å²) in [7, 11) is 0. The summed E-state index contributed by atoms with van der Waals surface area (Å²) >= 11 is 13.7. The number of carbonyl (C=O) groups is 2. The van der Waals surface area contributed by atoms with Gasteiger partial charge in [0.15, 0.2) is 0 Å². The van der Waals surface area contributed by atoms with Crippen LogP contribution in [0.25, 0.3) is 0 Å². The number of hydrogen-bond donors (Lipinski definition) is 2. The number of amides is 2. The van der Waals surface area contributed by atoms with E-state index in [1.54, 1.807) is 23.9 Å². The highest BCUT2D eigenvalue weighted by molar-refractivity contribution is 7.98. The number of rotatable bonds is 10. The maximum Gasteiger partial charge on any atom is 0.253 e. The van der Waals surface area contributed by atoms with Gasteiger partial charge in [-0.2, -0.15) is 11.8 Å². The van der Waals surface area contributed by atoms with Crippen molar-refractivity contribution in [1.29, 1.82) is 0 Å². The first-order valence-electron chi connectivity index (χ1n) is 10.2. The first kappa shape index (κ1) is 25.3. The van der Waals surface area contributed by atoms with Crippen molar-refractivity contribution in [3.63, 3.8) is 0 Å². The topological polar surface area (TPSA) is 70.7 Å². The normalized spacial score (nSPS) is 20.6. The molecule has 1 heterocycles. The quantitative estimate of drug-likeness (QED) is 0.507. The van der Waals surface area contributed by atoms with Crippen molar-refractivity contribution in [3.8, 4) is 0 Å². The van der Waals surface area contributed by atoms with E-state index in [4.69, 9.17) is 27.9 Å². The second-order valence-electron chi connectivity index (χ2n) is 7.59. The third kappa shape index (κ3) is 8.27. The standard InChI is InChI=1S/C21H31Cl2N3O3S/c1-14-12-26(13-15(2)29-14)9-4-8-24-21(28)19(7-10-30-3)25-20(27)17-6-5-16(22)11-18(17)23/h5-6,11,14-15,19H,4,7-10,12-13H2,1-3H3,(H,24,28)(H,25,27). The van der Waals surface area contributed by atoms with Crippen LogP contribution in [-0.4, -0.2) is 73.2 Å². The van der Waals surface area contributed by atoms with Crippen molar-refractivity contribution in [2.75, 3.05) is 38.2 Å². The minimum atomic E-state index is -0.611. The molecular formula is C21H31Cl2N3O3S. The molecule has 3 unspecified atom stereocenters. The SMILES string of the molecule is CSCCC(NC(=O)c1ccc(Cl)cc1Cl)C(=O)NCCCN1CC(C)OC(C)C1. The van der Waals surface area contributed by atoms with Gasteiger partial charge in [-0.1, -0.05) is 23.2 Å². The average Bonchev–Trinajstić information content (AvgIpc) is 2.67. The lowest BCUT2D eigenvalue weighted by atomic mass is 10.1. The Morgan fingerprint density at radius 2 is 1.97 bits per heavy atom. The zero-order valence-corrected chi connectivity index (χ0v) is 20.1. The van der Waals surface area contributed by atoms with Gasteiger partial charge < -0.3 is 15.4 Å². The fourth-order valence-corrected chi connectivity index (χ4v) is 4.48. The second kappa shape index (κ2) is 12.8. The van der Waals surface area contributed by atoms with Crippen LogP contribution in [0.1, 0.15) is 37.0 Å². The summed E-state index contributed by atoms with van der Waals surface area (Å²) in [6.07, 6.45) is 3.82.